The molecule has 6 nitrogen and oxygen atoms in total. The molecule has 2 heterocycles. The minimum Gasteiger partial charge on any atom is -0.392 e. The van der Waals surface area contributed by atoms with Crippen LogP contribution in [0.25, 0.3) is 10.7 Å². The fourth-order valence-electron chi connectivity index (χ4n) is 2.22. The van der Waals surface area contributed by atoms with Crippen molar-refractivity contribution in [3.8, 4) is 10.7 Å². The van der Waals surface area contributed by atoms with E-state index in [-0.39, 0.29) is 18.9 Å². The zero-order chi connectivity index (χ0) is 16.8. The predicted octanol–water partition coefficient (Wildman–Crippen LogP) is 1.95. The first-order chi connectivity index (χ1) is 11.8. The fraction of sp³-hybridized carbons (Fsp3) is 0.176. The van der Waals surface area contributed by atoms with Gasteiger partial charge in [0, 0.05) is 24.3 Å². The number of nitrogens with one attached hydrogen (secondary N) is 1. The highest BCUT2D eigenvalue weighted by atomic mass is 32.1. The van der Waals surface area contributed by atoms with Crippen LogP contribution in [0.3, 0.4) is 0 Å². The van der Waals surface area contributed by atoms with Crippen LogP contribution in [0.15, 0.2) is 48.2 Å². The van der Waals surface area contributed by atoms with E-state index in [0.29, 0.717) is 17.9 Å². The number of carbonyl (C=O) groups is 1. The van der Waals surface area contributed by atoms with E-state index in [1.54, 1.807) is 18.6 Å². The van der Waals surface area contributed by atoms with E-state index in [1.165, 1.54) is 11.3 Å². The van der Waals surface area contributed by atoms with Crippen LogP contribution in [0.2, 0.25) is 0 Å². The number of hydrogen-bond acceptors (Lipinski definition) is 6. The van der Waals surface area contributed by atoms with E-state index in [4.69, 9.17) is 0 Å². The molecule has 122 valence electrons. The molecule has 2 aromatic heterocycles. The standard InChI is InChI=1S/C17H16N4O2S/c22-10-13-4-2-1-3-12(13)8-20-16(23)7-14-11-24-17(21-14)15-9-18-5-6-19-15/h1-6,9,11,22H,7-8,10H2,(H,20,23). The normalized spacial score (nSPS) is 10.5. The number of carbonyl (C=O) groups excluding carboxylic acids is 1. The summed E-state index contributed by atoms with van der Waals surface area (Å²) in [5.41, 5.74) is 3.13. The number of hydrogen-bond donors (Lipinski definition) is 2. The van der Waals surface area contributed by atoms with Crippen LogP contribution in [0.4, 0.5) is 0 Å². The molecule has 3 rings (SSSR count). The Hall–Kier alpha value is -2.64. The van der Waals surface area contributed by atoms with Crippen LogP contribution in [-0.2, 0) is 24.4 Å². The van der Waals surface area contributed by atoms with Crippen molar-refractivity contribution in [3.05, 3.63) is 65.1 Å². The molecule has 0 aliphatic carbocycles. The minimum atomic E-state index is -0.112. The van der Waals surface area contributed by atoms with Crippen molar-refractivity contribution in [2.24, 2.45) is 0 Å². The molecule has 0 spiro atoms. The fourth-order valence-corrected chi connectivity index (χ4v) is 3.00. The largest absolute Gasteiger partial charge is 0.392 e. The molecule has 2 N–H and O–H groups in total. The average Bonchev–Trinajstić information content (AvgIpc) is 3.09. The van der Waals surface area contributed by atoms with Crippen LogP contribution < -0.4 is 5.32 Å². The van der Waals surface area contributed by atoms with E-state index in [9.17, 15) is 9.90 Å². The number of thiazole rings is 1. The Balaban J connectivity index is 1.58. The maximum absolute atomic E-state index is 12.1. The van der Waals surface area contributed by atoms with Crippen molar-refractivity contribution in [3.63, 3.8) is 0 Å². The van der Waals surface area contributed by atoms with Crippen LogP contribution in [-0.4, -0.2) is 26.0 Å². The zero-order valence-electron chi connectivity index (χ0n) is 12.8. The van der Waals surface area contributed by atoms with Gasteiger partial charge in [-0.2, -0.15) is 0 Å². The van der Waals surface area contributed by atoms with Gasteiger partial charge in [0.1, 0.15) is 10.7 Å². The predicted molar refractivity (Wildman–Crippen MR) is 91.1 cm³/mol. The Kier molecular flexibility index (Phi) is 5.25. The van der Waals surface area contributed by atoms with Gasteiger partial charge in [-0.15, -0.1) is 11.3 Å². The van der Waals surface area contributed by atoms with Gasteiger partial charge in [-0.1, -0.05) is 24.3 Å². The summed E-state index contributed by atoms with van der Waals surface area (Å²) in [6, 6.07) is 7.48. The van der Waals surface area contributed by atoms with Gasteiger partial charge < -0.3 is 10.4 Å². The summed E-state index contributed by atoms with van der Waals surface area (Å²) in [7, 11) is 0. The number of rotatable bonds is 6. The SMILES string of the molecule is O=C(Cc1csc(-c2cnccn2)n1)NCc1ccccc1CO. The van der Waals surface area contributed by atoms with Crippen molar-refractivity contribution in [2.75, 3.05) is 0 Å². The molecule has 24 heavy (non-hydrogen) atoms. The molecule has 0 saturated heterocycles. The molecule has 0 aliphatic rings. The molecule has 0 unspecified atom stereocenters. The van der Waals surface area contributed by atoms with E-state index in [2.05, 4.69) is 20.3 Å². The van der Waals surface area contributed by atoms with E-state index >= 15 is 0 Å². The molecular weight excluding hydrogens is 324 g/mol. The van der Waals surface area contributed by atoms with Gasteiger partial charge >= 0.3 is 0 Å². The molecule has 0 fully saturated rings. The molecule has 0 aliphatic heterocycles. The van der Waals surface area contributed by atoms with Crippen molar-refractivity contribution >= 4 is 17.2 Å². The van der Waals surface area contributed by atoms with E-state index < -0.39 is 0 Å². The molecule has 7 heteroatoms. The second-order valence-electron chi connectivity index (χ2n) is 5.11. The van der Waals surface area contributed by atoms with Gasteiger partial charge in [-0.3, -0.25) is 14.8 Å². The van der Waals surface area contributed by atoms with Gasteiger partial charge in [-0.25, -0.2) is 4.98 Å². The van der Waals surface area contributed by atoms with Crippen LogP contribution >= 0.6 is 11.3 Å². The number of aromatic nitrogens is 3. The second kappa shape index (κ2) is 7.76. The first-order valence-corrected chi connectivity index (χ1v) is 8.29. The molecule has 0 saturated carbocycles. The zero-order valence-corrected chi connectivity index (χ0v) is 13.7. The molecule has 0 atom stereocenters. The van der Waals surface area contributed by atoms with Gasteiger partial charge in [0.25, 0.3) is 0 Å². The van der Waals surface area contributed by atoms with Gasteiger partial charge in [-0.05, 0) is 11.1 Å². The molecule has 1 amide bonds. The Morgan fingerprint density at radius 3 is 2.79 bits per heavy atom. The summed E-state index contributed by atoms with van der Waals surface area (Å²) in [6.07, 6.45) is 5.07. The monoisotopic (exact) mass is 340 g/mol. The first kappa shape index (κ1) is 16.2. The Labute approximate surface area is 143 Å². The summed E-state index contributed by atoms with van der Waals surface area (Å²) in [6.45, 7) is 0.344. The highest BCUT2D eigenvalue weighted by Crippen LogP contribution is 2.20. The maximum atomic E-state index is 12.1. The highest BCUT2D eigenvalue weighted by molar-refractivity contribution is 7.13. The topological polar surface area (TPSA) is 88.0 Å². The Morgan fingerprint density at radius 2 is 2.04 bits per heavy atom. The molecule has 0 bridgehead atoms. The van der Waals surface area contributed by atoms with Crippen molar-refractivity contribution in [2.45, 2.75) is 19.6 Å². The van der Waals surface area contributed by atoms with E-state index in [1.807, 2.05) is 29.6 Å². The number of aliphatic hydroxyl groups excluding tert-OH is 1. The van der Waals surface area contributed by atoms with Gasteiger partial charge in [0.2, 0.25) is 5.91 Å². The number of amides is 1. The maximum Gasteiger partial charge on any atom is 0.226 e. The lowest BCUT2D eigenvalue weighted by atomic mass is 10.1. The number of aliphatic hydroxyl groups is 1. The highest BCUT2D eigenvalue weighted by Gasteiger charge is 2.10. The van der Waals surface area contributed by atoms with Crippen LogP contribution in [0.5, 0.6) is 0 Å². The first-order valence-electron chi connectivity index (χ1n) is 7.41. The molecule has 1 aromatic carbocycles. The van der Waals surface area contributed by atoms with E-state index in [0.717, 1.165) is 16.1 Å². The summed E-state index contributed by atoms with van der Waals surface area (Å²) in [5, 5.41) is 14.8. The van der Waals surface area contributed by atoms with Gasteiger partial charge in [0.05, 0.1) is 24.9 Å². The number of benzene rings is 1. The molecule has 0 radical (unpaired) electrons. The molecular formula is C17H16N4O2S. The molecule has 3 aromatic rings. The summed E-state index contributed by atoms with van der Waals surface area (Å²) in [4.78, 5) is 24.7. The quantitative estimate of drug-likeness (QED) is 0.716. The van der Waals surface area contributed by atoms with Crippen molar-refractivity contribution < 1.29 is 9.90 Å². The summed E-state index contributed by atoms with van der Waals surface area (Å²) < 4.78 is 0. The minimum absolute atomic E-state index is 0.0421. The third kappa shape index (κ3) is 4.01. The third-order valence-electron chi connectivity index (χ3n) is 3.44. The number of nitrogens with zero attached hydrogens (tertiary/aromatic N) is 3. The average molecular weight is 340 g/mol. The lowest BCUT2D eigenvalue weighted by Gasteiger charge is -2.08. The van der Waals surface area contributed by atoms with Crippen LogP contribution in [0.1, 0.15) is 16.8 Å². The smallest absolute Gasteiger partial charge is 0.226 e. The third-order valence-corrected chi connectivity index (χ3v) is 4.35. The second-order valence-corrected chi connectivity index (χ2v) is 5.97. The van der Waals surface area contributed by atoms with Crippen molar-refractivity contribution in [1.82, 2.24) is 20.3 Å². The Morgan fingerprint density at radius 1 is 1.21 bits per heavy atom. The summed E-state index contributed by atoms with van der Waals surface area (Å²) >= 11 is 1.44. The lowest BCUT2D eigenvalue weighted by Crippen LogP contribution is -2.25. The lowest BCUT2D eigenvalue weighted by molar-refractivity contribution is -0.120. The Bertz CT molecular complexity index is 820. The van der Waals surface area contributed by atoms with Crippen molar-refractivity contribution in [1.29, 1.82) is 0 Å². The summed E-state index contributed by atoms with van der Waals surface area (Å²) in [5.74, 6) is -0.112. The van der Waals surface area contributed by atoms with Crippen LogP contribution in [0, 0.1) is 0 Å². The van der Waals surface area contributed by atoms with Gasteiger partial charge in [0.15, 0.2) is 0 Å².